The Hall–Kier alpha value is -3.36. The fourth-order valence-corrected chi connectivity index (χ4v) is 10.4. The minimum Gasteiger partial charge on any atom is -0.479 e. The molecule has 0 bridgehead atoms. The Morgan fingerprint density at radius 2 is 0.714 bits per heavy atom. The van der Waals surface area contributed by atoms with Crippen molar-refractivity contribution < 1.29 is 183 Å². The summed E-state index contributed by atoms with van der Waals surface area (Å²) >= 11 is 0. The SMILES string of the molecule is CC(=O)N[C@H]1[C@H](O[C@H]2[C@@H](O)[C@@H](O)[C@H](O[C@H]3[C@@H](O)[C@@H](CO)O[C@@H](O[C@H]4[C@H](O)[C@@H](O)[C@H](O[C@H]5[C@@H](O)[C@@H](CO)O[C@@H](O[C@H]6[C@@H](O)[C@@H](CO)O[C@@H](O[C@@H]7CO[C@@H](O)[C@H](O)[C@H]7O)[C@@H]6O)[C@@H]5O)O[C@@H]4C(=O)O)[C@@H]3NC(C)=O)O[C@@H]2C(=O)O)O[C@H](CO)[C@H](O)[C@@H]1O. The summed E-state index contributed by atoms with van der Waals surface area (Å²) in [6.45, 7) is -2.91. The monoisotopic (exact) mass is 1230 g/mol. The molecule has 0 radical (unpaired) electrons. The zero-order chi connectivity index (χ0) is 62.1. The van der Waals surface area contributed by atoms with Gasteiger partial charge in [-0.05, 0) is 0 Å². The predicted molar refractivity (Wildman–Crippen MR) is 250 cm³/mol. The van der Waals surface area contributed by atoms with Crippen molar-refractivity contribution in [3.8, 4) is 0 Å². The number of hydrogen-bond donors (Lipinski definition) is 22. The number of carboxylic acid groups (broad SMARTS) is 2. The second-order valence-corrected chi connectivity index (χ2v) is 20.7. The van der Waals surface area contributed by atoms with Gasteiger partial charge in [0.1, 0.15) is 152 Å². The van der Waals surface area contributed by atoms with Gasteiger partial charge in [-0.3, -0.25) is 9.59 Å². The van der Waals surface area contributed by atoms with Crippen LogP contribution in [0.5, 0.6) is 0 Å². The van der Waals surface area contributed by atoms with E-state index in [0.29, 0.717) is 0 Å². The summed E-state index contributed by atoms with van der Waals surface area (Å²) in [4.78, 5) is 50.4. The molecule has 0 saturated carbocycles. The van der Waals surface area contributed by atoms with Gasteiger partial charge in [0.05, 0.1) is 33.0 Å². The average Bonchev–Trinajstić information content (AvgIpc) is 1.87. The highest BCUT2D eigenvalue weighted by Gasteiger charge is 2.60. The van der Waals surface area contributed by atoms with Crippen LogP contribution in [0, 0.1) is 0 Å². The van der Waals surface area contributed by atoms with E-state index in [1.165, 1.54) is 0 Å². The Balaban J connectivity index is 1.08. The Labute approximate surface area is 472 Å². The van der Waals surface area contributed by atoms with Crippen molar-refractivity contribution in [1.82, 2.24) is 10.6 Å². The summed E-state index contributed by atoms with van der Waals surface area (Å²) in [7, 11) is 0. The molecule has 0 aromatic heterocycles. The lowest BCUT2D eigenvalue weighted by Gasteiger charge is -2.50. The highest BCUT2D eigenvalue weighted by molar-refractivity contribution is 5.75. The third-order valence-corrected chi connectivity index (χ3v) is 14.9. The summed E-state index contributed by atoms with van der Waals surface area (Å²) in [5, 5.41) is 219. The zero-order valence-corrected chi connectivity index (χ0v) is 44.0. The molecule has 7 heterocycles. The van der Waals surface area contributed by atoms with Gasteiger partial charge in [-0.2, -0.15) is 0 Å². The van der Waals surface area contributed by atoms with Crippen LogP contribution in [0.1, 0.15) is 13.8 Å². The molecule has 39 heteroatoms. The molecule has 84 heavy (non-hydrogen) atoms. The van der Waals surface area contributed by atoms with Crippen LogP contribution < -0.4 is 10.6 Å². The minimum absolute atomic E-state index is 0.579. The van der Waals surface area contributed by atoms with Crippen LogP contribution in [0.4, 0.5) is 0 Å². The van der Waals surface area contributed by atoms with Crippen molar-refractivity contribution in [3.05, 3.63) is 0 Å². The van der Waals surface area contributed by atoms with E-state index in [2.05, 4.69) is 10.6 Å². The van der Waals surface area contributed by atoms with E-state index >= 15 is 0 Å². The first kappa shape index (κ1) is 68.1. The first-order valence-electron chi connectivity index (χ1n) is 26.0. The molecule has 2 amide bonds. The van der Waals surface area contributed by atoms with Gasteiger partial charge in [0.15, 0.2) is 56.2 Å². The molecule has 22 N–H and O–H groups in total. The van der Waals surface area contributed by atoms with Crippen LogP contribution in [0.25, 0.3) is 0 Å². The number of aliphatic hydroxyl groups excluding tert-OH is 18. The van der Waals surface area contributed by atoms with Gasteiger partial charge in [-0.25, -0.2) is 9.59 Å². The Morgan fingerprint density at radius 1 is 0.369 bits per heavy atom. The van der Waals surface area contributed by atoms with Crippen molar-refractivity contribution in [3.63, 3.8) is 0 Å². The van der Waals surface area contributed by atoms with E-state index in [0.717, 1.165) is 13.8 Å². The van der Waals surface area contributed by atoms with Gasteiger partial charge in [0.25, 0.3) is 0 Å². The summed E-state index contributed by atoms with van der Waals surface area (Å²) in [5.41, 5.74) is 0. The van der Waals surface area contributed by atoms with Crippen LogP contribution >= 0.6 is 0 Å². The van der Waals surface area contributed by atoms with E-state index in [1.54, 1.807) is 0 Å². The van der Waals surface area contributed by atoms with Gasteiger partial charge in [-0.15, -0.1) is 0 Å². The van der Waals surface area contributed by atoms with Crippen LogP contribution in [0.2, 0.25) is 0 Å². The number of carbonyl (C=O) groups excluding carboxylic acids is 2. The number of aliphatic hydroxyl groups is 18. The van der Waals surface area contributed by atoms with Crippen molar-refractivity contribution >= 4 is 23.8 Å². The van der Waals surface area contributed by atoms with Crippen molar-refractivity contribution in [1.29, 1.82) is 0 Å². The smallest absolute Gasteiger partial charge is 0.335 e. The molecule has 7 fully saturated rings. The van der Waals surface area contributed by atoms with Crippen molar-refractivity contribution in [2.45, 2.75) is 223 Å². The van der Waals surface area contributed by atoms with Crippen LogP contribution in [-0.2, 0) is 80.8 Å². The molecule has 0 spiro atoms. The number of carboxylic acids is 2. The number of rotatable bonds is 20. The van der Waals surface area contributed by atoms with E-state index in [4.69, 9.17) is 61.6 Å². The first-order chi connectivity index (χ1) is 39.6. The quantitative estimate of drug-likeness (QED) is 0.0538. The number of nitrogens with one attached hydrogen (secondary N) is 2. The van der Waals surface area contributed by atoms with Crippen LogP contribution in [-0.4, -0.2) is 368 Å². The predicted octanol–water partition coefficient (Wildman–Crippen LogP) is -15.2. The summed E-state index contributed by atoms with van der Waals surface area (Å²) in [6, 6.07) is -3.70. The van der Waals surface area contributed by atoms with Crippen LogP contribution in [0.3, 0.4) is 0 Å². The molecule has 7 aliphatic heterocycles. The Bertz CT molecular complexity index is 2180. The standard InChI is InChI=1S/C45H72N2O37/c1-8(52)46-15-22(59)17(54)10(3-48)73-40(15)81-33-23(60)26(63)42(83-35(33)37(67)68)78-30-16(47-9(2)53)41(74-11(4-49)19(30)56)82-34-24(61)27(64)43(84-36(34)38(69)70)79-32-21(58)13(6-51)76-45(29(32)66)80-31-20(57)12(5-50)75-44(28(31)65)77-14-7-72-39(71)25(62)18(14)55/h10-36,39-45,48-51,54-66,71H,3-7H2,1-2H3,(H,46,52)(H,47,53)(H,67,68)(H,69,70)/t10-,11-,12-,13-,14-,15-,16-,17+,18+,19+,20+,21+,22-,23+,24-,25-,26-,27-,28-,29-,30-,31+,32+,33+,34+,35+,36+,39-,40+,41+,42-,43-,44+,45+/m1/s1. The molecular formula is C45H72N2O37. The fraction of sp³-hybridized carbons (Fsp3) is 0.911. The summed E-state index contributed by atoms with van der Waals surface area (Å²) < 4.78 is 72.2. The van der Waals surface area contributed by atoms with E-state index in [1.807, 2.05) is 0 Å². The lowest BCUT2D eigenvalue weighted by molar-refractivity contribution is -0.390. The number of ether oxygens (including phenoxy) is 13. The number of carbonyl (C=O) groups is 4. The molecule has 0 unspecified atom stereocenters. The number of hydrogen-bond acceptors (Lipinski definition) is 35. The van der Waals surface area contributed by atoms with Crippen LogP contribution in [0.15, 0.2) is 0 Å². The first-order valence-corrected chi connectivity index (χ1v) is 26.0. The Kier molecular flexibility index (Phi) is 23.4. The van der Waals surface area contributed by atoms with E-state index in [9.17, 15) is 121 Å². The average molecular weight is 1230 g/mol. The van der Waals surface area contributed by atoms with Gasteiger partial charge in [0, 0.05) is 13.8 Å². The van der Waals surface area contributed by atoms with Gasteiger partial charge in [-0.1, -0.05) is 0 Å². The fourth-order valence-electron chi connectivity index (χ4n) is 10.4. The molecule has 7 saturated heterocycles. The summed E-state index contributed by atoms with van der Waals surface area (Å²) in [5.74, 6) is -5.78. The molecule has 0 aromatic rings. The maximum absolute atomic E-state index is 12.9. The Morgan fingerprint density at radius 3 is 1.13 bits per heavy atom. The lowest BCUT2D eigenvalue weighted by Crippen LogP contribution is -2.71. The summed E-state index contributed by atoms with van der Waals surface area (Å²) in [6.07, 6.45) is -67.5. The molecular weight excluding hydrogens is 1160 g/mol. The maximum atomic E-state index is 12.9. The highest BCUT2D eigenvalue weighted by Crippen LogP contribution is 2.38. The molecule has 0 aliphatic carbocycles. The van der Waals surface area contributed by atoms with Gasteiger partial charge >= 0.3 is 11.9 Å². The number of aliphatic carboxylic acids is 2. The highest BCUT2D eigenvalue weighted by atomic mass is 16.8. The number of amides is 2. The van der Waals surface area contributed by atoms with Gasteiger partial charge < -0.3 is 174 Å². The van der Waals surface area contributed by atoms with E-state index < -0.39 is 266 Å². The molecule has 34 atom stereocenters. The molecule has 39 nitrogen and oxygen atoms in total. The molecule has 7 aliphatic rings. The maximum Gasteiger partial charge on any atom is 0.335 e. The topological polar surface area (TPSA) is 617 Å². The van der Waals surface area contributed by atoms with Gasteiger partial charge in [0.2, 0.25) is 11.8 Å². The third kappa shape index (κ3) is 14.4. The third-order valence-electron chi connectivity index (χ3n) is 14.9. The molecule has 0 aromatic carbocycles. The molecule has 7 rings (SSSR count). The second kappa shape index (κ2) is 28.9. The van der Waals surface area contributed by atoms with E-state index in [-0.39, 0.29) is 0 Å². The molecule has 484 valence electrons. The normalized spacial score (nSPS) is 49.3. The van der Waals surface area contributed by atoms with Crippen molar-refractivity contribution in [2.75, 3.05) is 33.0 Å². The zero-order valence-electron chi connectivity index (χ0n) is 44.0. The largest absolute Gasteiger partial charge is 0.479 e. The van der Waals surface area contributed by atoms with Crippen molar-refractivity contribution in [2.24, 2.45) is 0 Å². The lowest BCUT2D eigenvalue weighted by atomic mass is 9.93. The minimum atomic E-state index is -2.53. The second-order valence-electron chi connectivity index (χ2n) is 20.7.